The minimum atomic E-state index is -1.35. The molecular weight excluding hydrogens is 622 g/mol. The van der Waals surface area contributed by atoms with Crippen LogP contribution >= 0.6 is 15.9 Å². The Morgan fingerprint density at radius 3 is 2.16 bits per heavy atom. The SMILES string of the molecule is CC(C)CNC(=O)[C@H](Cc1ccc(O)cc1)N(OC(=O)[C@@H](NC(=O)OC(C)(C)C)C(C)C)C(=O)OCc1ccccc1Br. The van der Waals surface area contributed by atoms with Gasteiger partial charge in [0.1, 0.15) is 24.0 Å². The maximum atomic E-state index is 13.6. The second kappa shape index (κ2) is 16.2. The second-order valence-corrected chi connectivity index (χ2v) is 12.6. The largest absolute Gasteiger partial charge is 0.508 e. The Labute approximate surface area is 261 Å². The first-order valence-electron chi connectivity index (χ1n) is 14.0. The third-order valence-corrected chi connectivity index (χ3v) is 6.68. The van der Waals surface area contributed by atoms with Crippen molar-refractivity contribution < 1.29 is 38.6 Å². The van der Waals surface area contributed by atoms with Crippen molar-refractivity contribution in [1.29, 1.82) is 0 Å². The Morgan fingerprint density at radius 1 is 0.977 bits per heavy atom. The van der Waals surface area contributed by atoms with Gasteiger partial charge >= 0.3 is 18.2 Å². The van der Waals surface area contributed by atoms with Crippen LogP contribution in [0, 0.1) is 11.8 Å². The first-order valence-corrected chi connectivity index (χ1v) is 14.8. The monoisotopic (exact) mass is 663 g/mol. The van der Waals surface area contributed by atoms with Crippen molar-refractivity contribution in [3.05, 3.63) is 64.1 Å². The van der Waals surface area contributed by atoms with E-state index in [0.717, 1.165) is 0 Å². The Bertz CT molecular complexity index is 1240. The van der Waals surface area contributed by atoms with E-state index in [4.69, 9.17) is 14.3 Å². The van der Waals surface area contributed by atoms with Crippen LogP contribution in [-0.4, -0.2) is 58.5 Å². The van der Waals surface area contributed by atoms with Crippen LogP contribution < -0.4 is 10.6 Å². The van der Waals surface area contributed by atoms with Gasteiger partial charge in [-0.05, 0) is 56.4 Å². The van der Waals surface area contributed by atoms with E-state index in [-0.39, 0.29) is 24.7 Å². The molecule has 3 N–H and O–H groups in total. The number of nitrogens with one attached hydrogen (secondary N) is 2. The van der Waals surface area contributed by atoms with Crippen LogP contribution in [0.3, 0.4) is 0 Å². The number of phenols is 1. The van der Waals surface area contributed by atoms with Gasteiger partial charge in [-0.1, -0.05) is 74.0 Å². The number of hydrogen-bond donors (Lipinski definition) is 3. The number of aromatic hydroxyl groups is 1. The zero-order valence-electron chi connectivity index (χ0n) is 25.7. The number of ether oxygens (including phenoxy) is 2. The van der Waals surface area contributed by atoms with Crippen molar-refractivity contribution in [2.24, 2.45) is 11.8 Å². The lowest BCUT2D eigenvalue weighted by molar-refractivity contribution is -0.195. The maximum Gasteiger partial charge on any atom is 0.444 e. The molecule has 0 bridgehead atoms. The lowest BCUT2D eigenvalue weighted by Gasteiger charge is -2.31. The quantitative estimate of drug-likeness (QED) is 0.268. The van der Waals surface area contributed by atoms with Gasteiger partial charge < -0.3 is 30.1 Å². The van der Waals surface area contributed by atoms with E-state index >= 15 is 0 Å². The zero-order chi connectivity index (χ0) is 32.3. The van der Waals surface area contributed by atoms with E-state index in [2.05, 4.69) is 26.6 Å². The first-order chi connectivity index (χ1) is 20.1. The summed E-state index contributed by atoms with van der Waals surface area (Å²) in [4.78, 5) is 58.7. The van der Waals surface area contributed by atoms with Gasteiger partial charge in [-0.2, -0.15) is 0 Å². The van der Waals surface area contributed by atoms with Gasteiger partial charge in [-0.3, -0.25) is 4.79 Å². The zero-order valence-corrected chi connectivity index (χ0v) is 27.3. The Morgan fingerprint density at radius 2 is 1.60 bits per heavy atom. The molecule has 3 amide bonds. The summed E-state index contributed by atoms with van der Waals surface area (Å²) in [6.07, 6.45) is -2.01. The molecular formula is C31H42BrN3O8. The molecule has 0 spiro atoms. The first kappa shape index (κ1) is 35.4. The van der Waals surface area contributed by atoms with Crippen molar-refractivity contribution in [2.45, 2.75) is 79.2 Å². The molecule has 236 valence electrons. The van der Waals surface area contributed by atoms with Gasteiger partial charge in [0.05, 0.1) is 0 Å². The highest BCUT2D eigenvalue weighted by molar-refractivity contribution is 9.10. The molecule has 0 aliphatic carbocycles. The molecule has 2 aromatic rings. The highest BCUT2D eigenvalue weighted by Crippen LogP contribution is 2.20. The normalized spacial score (nSPS) is 12.7. The molecule has 0 aliphatic heterocycles. The number of phenolic OH excluding ortho intramolecular Hbond substituents is 1. The molecule has 0 saturated heterocycles. The number of amides is 3. The van der Waals surface area contributed by atoms with Crippen LogP contribution in [0.15, 0.2) is 53.0 Å². The molecule has 0 aliphatic rings. The van der Waals surface area contributed by atoms with Crippen LogP contribution in [0.25, 0.3) is 0 Å². The minimum Gasteiger partial charge on any atom is -0.508 e. The third-order valence-electron chi connectivity index (χ3n) is 5.91. The summed E-state index contributed by atoms with van der Waals surface area (Å²) in [5.41, 5.74) is 0.406. The number of hydrogen-bond acceptors (Lipinski definition) is 8. The number of carbonyl (C=O) groups is 4. The molecule has 0 heterocycles. The molecule has 11 nitrogen and oxygen atoms in total. The number of benzene rings is 2. The van der Waals surface area contributed by atoms with E-state index in [1.165, 1.54) is 12.1 Å². The highest BCUT2D eigenvalue weighted by Gasteiger charge is 2.38. The Hall–Kier alpha value is -3.80. The lowest BCUT2D eigenvalue weighted by Crippen LogP contribution is -2.55. The van der Waals surface area contributed by atoms with Crippen molar-refractivity contribution in [3.63, 3.8) is 0 Å². The summed E-state index contributed by atoms with van der Waals surface area (Å²) in [6, 6.07) is 10.6. The molecule has 0 radical (unpaired) electrons. The van der Waals surface area contributed by atoms with Crippen LogP contribution in [0.5, 0.6) is 5.75 Å². The van der Waals surface area contributed by atoms with Crippen LogP contribution in [0.4, 0.5) is 9.59 Å². The molecule has 0 fully saturated rings. The van der Waals surface area contributed by atoms with Crippen LogP contribution in [0.2, 0.25) is 0 Å². The smallest absolute Gasteiger partial charge is 0.444 e. The van der Waals surface area contributed by atoms with Gasteiger partial charge in [0.2, 0.25) is 5.91 Å². The summed E-state index contributed by atoms with van der Waals surface area (Å²) in [5.74, 6) is -1.93. The fraction of sp³-hybridized carbons (Fsp3) is 0.484. The standard InChI is InChI=1S/C31H42BrN3O8/c1-19(2)17-33-27(37)25(16-21-12-14-23(36)15-13-21)35(30(40)41-18-22-10-8-9-11-24(22)32)43-28(38)26(20(3)4)34-29(39)42-31(5,6)7/h8-15,19-20,25-26,36H,16-18H2,1-7H3,(H,33,37)(H,34,39)/t25-,26-/m0/s1. The lowest BCUT2D eigenvalue weighted by atomic mass is 10.0. The van der Waals surface area contributed by atoms with Gasteiger partial charge in [-0.25, -0.2) is 14.4 Å². The molecule has 0 saturated carbocycles. The van der Waals surface area contributed by atoms with Crippen LogP contribution in [-0.2, 0) is 36.9 Å². The van der Waals surface area contributed by atoms with Crippen molar-refractivity contribution in [2.75, 3.05) is 6.54 Å². The van der Waals surface area contributed by atoms with Crippen molar-refractivity contribution in [1.82, 2.24) is 15.7 Å². The van der Waals surface area contributed by atoms with Gasteiger partial charge in [0, 0.05) is 23.0 Å². The van der Waals surface area contributed by atoms with E-state index in [9.17, 15) is 24.3 Å². The van der Waals surface area contributed by atoms with E-state index < -0.39 is 47.7 Å². The van der Waals surface area contributed by atoms with Crippen molar-refractivity contribution >= 4 is 40.0 Å². The minimum absolute atomic E-state index is 0.0219. The number of hydroxylamine groups is 2. The molecule has 2 rings (SSSR count). The predicted octanol–water partition coefficient (Wildman–Crippen LogP) is 5.48. The van der Waals surface area contributed by atoms with Gasteiger partial charge in [-0.15, -0.1) is 5.06 Å². The summed E-state index contributed by atoms with van der Waals surface area (Å²) >= 11 is 3.41. The third kappa shape index (κ3) is 12.1. The molecule has 0 aromatic heterocycles. The van der Waals surface area contributed by atoms with Gasteiger partial charge in [0.15, 0.2) is 6.04 Å². The molecule has 0 unspecified atom stereocenters. The molecule has 2 atom stereocenters. The van der Waals surface area contributed by atoms with E-state index in [1.54, 1.807) is 71.0 Å². The van der Waals surface area contributed by atoms with Gasteiger partial charge in [0.25, 0.3) is 0 Å². The molecule has 12 heteroatoms. The fourth-order valence-corrected chi connectivity index (χ4v) is 4.09. The number of halogens is 1. The summed E-state index contributed by atoms with van der Waals surface area (Å²) in [6.45, 7) is 12.4. The number of alkyl carbamates (subject to hydrolysis) is 1. The Kier molecular flexibility index (Phi) is 13.3. The molecule has 43 heavy (non-hydrogen) atoms. The van der Waals surface area contributed by atoms with E-state index in [1.807, 2.05) is 13.8 Å². The summed E-state index contributed by atoms with van der Waals surface area (Å²) < 4.78 is 11.5. The average Bonchev–Trinajstić information content (AvgIpc) is 2.91. The number of nitrogens with zero attached hydrogens (tertiary/aromatic N) is 1. The van der Waals surface area contributed by atoms with Crippen LogP contribution in [0.1, 0.15) is 59.6 Å². The van der Waals surface area contributed by atoms with Crippen molar-refractivity contribution in [3.8, 4) is 5.75 Å². The summed E-state index contributed by atoms with van der Waals surface area (Å²) in [5, 5.41) is 15.6. The maximum absolute atomic E-state index is 13.6. The number of carbonyl (C=O) groups excluding carboxylic acids is 4. The second-order valence-electron chi connectivity index (χ2n) is 11.8. The fourth-order valence-electron chi connectivity index (χ4n) is 3.69. The molecule has 2 aromatic carbocycles. The summed E-state index contributed by atoms with van der Waals surface area (Å²) in [7, 11) is 0. The Balaban J connectivity index is 2.45. The number of rotatable bonds is 11. The highest BCUT2D eigenvalue weighted by atomic mass is 79.9. The topological polar surface area (TPSA) is 144 Å². The van der Waals surface area contributed by atoms with E-state index in [0.29, 0.717) is 27.2 Å². The average molecular weight is 665 g/mol. The predicted molar refractivity (Wildman–Crippen MR) is 164 cm³/mol.